The van der Waals surface area contributed by atoms with Crippen LogP contribution in [0.4, 0.5) is 4.79 Å². The number of carbonyl (C=O) groups excluding carboxylic acids is 1. The Bertz CT molecular complexity index is 626. The van der Waals surface area contributed by atoms with Gasteiger partial charge in [0.25, 0.3) is 0 Å². The highest BCUT2D eigenvalue weighted by molar-refractivity contribution is 5.96. The molecule has 18 heavy (non-hydrogen) atoms. The molecule has 4 N–H and O–H groups in total. The Labute approximate surface area is 106 Å². The molecule has 3 rings (SSSR count). The van der Waals surface area contributed by atoms with Gasteiger partial charge in [0, 0.05) is 0 Å². The second-order valence-corrected chi connectivity index (χ2v) is 4.32. The van der Waals surface area contributed by atoms with Crippen molar-refractivity contribution in [1.82, 2.24) is 0 Å². The molecule has 1 aliphatic carbocycles. The second-order valence-electron chi connectivity index (χ2n) is 4.32. The van der Waals surface area contributed by atoms with Gasteiger partial charge in [0.2, 0.25) is 0 Å². The van der Waals surface area contributed by atoms with Crippen molar-refractivity contribution in [1.29, 1.82) is 0 Å². The van der Waals surface area contributed by atoms with Crippen LogP contribution < -0.4 is 11.5 Å². The number of aryl methyl sites for hydroxylation is 1. The van der Waals surface area contributed by atoms with Crippen molar-refractivity contribution in [2.75, 3.05) is 0 Å². The van der Waals surface area contributed by atoms with Crippen molar-refractivity contribution in [3.8, 4) is 0 Å². The van der Waals surface area contributed by atoms with Crippen LogP contribution in [-0.4, -0.2) is 6.03 Å². The Morgan fingerprint density at radius 3 is 2.61 bits per heavy atom. The van der Waals surface area contributed by atoms with Gasteiger partial charge in [-0.2, -0.15) is 0 Å². The number of hydrogen-bond donors (Lipinski definition) is 2. The number of hydrogen-bond acceptors (Lipinski definition) is 1. The molecule has 0 aromatic heterocycles. The maximum atomic E-state index is 9.00. The minimum absolute atomic E-state index is 0.833. The number of carbonyl (C=O) groups is 1. The van der Waals surface area contributed by atoms with E-state index < -0.39 is 6.03 Å². The van der Waals surface area contributed by atoms with Crippen LogP contribution in [0.1, 0.15) is 16.7 Å². The molecule has 3 heteroatoms. The lowest BCUT2D eigenvalue weighted by Gasteiger charge is -2.14. The number of benzene rings is 2. The molecular formula is C15H16N2O. The highest BCUT2D eigenvalue weighted by atomic mass is 16.2. The molecule has 0 heterocycles. The second kappa shape index (κ2) is 4.92. The molecule has 2 amide bonds. The van der Waals surface area contributed by atoms with Gasteiger partial charge in [0.1, 0.15) is 0 Å². The van der Waals surface area contributed by atoms with Crippen LogP contribution in [0.2, 0.25) is 0 Å². The van der Waals surface area contributed by atoms with E-state index >= 15 is 0 Å². The van der Waals surface area contributed by atoms with Crippen molar-refractivity contribution < 1.29 is 4.79 Å². The molecule has 92 valence electrons. The zero-order chi connectivity index (χ0) is 13.1. The first kappa shape index (κ1) is 12.2. The van der Waals surface area contributed by atoms with E-state index in [0.29, 0.717) is 0 Å². The Morgan fingerprint density at radius 2 is 1.89 bits per heavy atom. The van der Waals surface area contributed by atoms with Crippen LogP contribution >= 0.6 is 0 Å². The quantitative estimate of drug-likeness (QED) is 0.730. The van der Waals surface area contributed by atoms with Crippen molar-refractivity contribution in [2.24, 2.45) is 11.5 Å². The summed E-state index contributed by atoms with van der Waals surface area (Å²) < 4.78 is 0. The fraction of sp³-hybridized carbons (Fsp3) is 0.133. The van der Waals surface area contributed by atoms with E-state index in [9.17, 15) is 0 Å². The van der Waals surface area contributed by atoms with Crippen LogP contribution in [0.15, 0.2) is 36.4 Å². The van der Waals surface area contributed by atoms with Crippen LogP contribution in [0.5, 0.6) is 0 Å². The van der Waals surface area contributed by atoms with Gasteiger partial charge in [0.05, 0.1) is 0 Å². The van der Waals surface area contributed by atoms with Gasteiger partial charge in [-0.15, -0.1) is 0 Å². The zero-order valence-electron chi connectivity index (χ0n) is 10.3. The lowest BCUT2D eigenvalue weighted by molar-refractivity contribution is 0.256. The van der Waals surface area contributed by atoms with Crippen LogP contribution in [0.25, 0.3) is 16.8 Å². The Balaban J connectivity index is 0.000000267. The Hall–Kier alpha value is -2.29. The summed E-state index contributed by atoms with van der Waals surface area (Å²) in [5.74, 6) is 0. The minimum Gasteiger partial charge on any atom is -0.352 e. The summed E-state index contributed by atoms with van der Waals surface area (Å²) in [7, 11) is 0. The van der Waals surface area contributed by atoms with Crippen LogP contribution in [0, 0.1) is 6.92 Å². The number of amides is 2. The van der Waals surface area contributed by atoms with E-state index in [0.717, 1.165) is 6.42 Å². The number of nitrogens with two attached hydrogens (primary N) is 2. The number of rotatable bonds is 0. The predicted octanol–water partition coefficient (Wildman–Crippen LogP) is 2.74. The molecule has 0 spiro atoms. The van der Waals surface area contributed by atoms with Crippen molar-refractivity contribution >= 4 is 22.9 Å². The lowest BCUT2D eigenvalue weighted by atomic mass is 9.90. The summed E-state index contributed by atoms with van der Waals surface area (Å²) in [4.78, 5) is 9.00. The van der Waals surface area contributed by atoms with Crippen molar-refractivity contribution in [3.63, 3.8) is 0 Å². The van der Waals surface area contributed by atoms with E-state index in [2.05, 4.69) is 60.9 Å². The van der Waals surface area contributed by atoms with Gasteiger partial charge in [-0.3, -0.25) is 0 Å². The summed E-state index contributed by atoms with van der Waals surface area (Å²) in [5, 5.41) is 2.82. The summed E-state index contributed by atoms with van der Waals surface area (Å²) in [6.07, 6.45) is 5.59. The smallest absolute Gasteiger partial charge is 0.309 e. The molecule has 0 saturated carbocycles. The van der Waals surface area contributed by atoms with Crippen molar-refractivity contribution in [2.45, 2.75) is 13.3 Å². The molecule has 0 bridgehead atoms. The summed E-state index contributed by atoms with van der Waals surface area (Å²) in [5.41, 5.74) is 12.7. The van der Waals surface area contributed by atoms with Crippen LogP contribution in [-0.2, 0) is 6.42 Å². The van der Waals surface area contributed by atoms with E-state index in [1.165, 1.54) is 27.5 Å². The summed E-state index contributed by atoms with van der Waals surface area (Å²) >= 11 is 0. The molecule has 2 aromatic rings. The van der Waals surface area contributed by atoms with Gasteiger partial charge < -0.3 is 11.5 Å². The van der Waals surface area contributed by atoms with Gasteiger partial charge >= 0.3 is 6.03 Å². The summed E-state index contributed by atoms with van der Waals surface area (Å²) in [6.45, 7) is 2.18. The number of primary amides is 2. The lowest BCUT2D eigenvalue weighted by Crippen LogP contribution is -2.18. The SMILES string of the molecule is Cc1ccc2cccc3c2c1C=CC3.NC(N)=O. The molecular weight excluding hydrogens is 224 g/mol. The van der Waals surface area contributed by atoms with E-state index in [1.54, 1.807) is 0 Å². The zero-order valence-corrected chi connectivity index (χ0v) is 10.3. The number of allylic oxidation sites excluding steroid dienone is 1. The molecule has 2 aromatic carbocycles. The van der Waals surface area contributed by atoms with E-state index in [4.69, 9.17) is 4.79 Å². The summed E-state index contributed by atoms with van der Waals surface area (Å²) in [6, 6.07) is 10.2. The average Bonchev–Trinajstić information content (AvgIpc) is 2.33. The van der Waals surface area contributed by atoms with Gasteiger partial charge in [-0.1, -0.05) is 42.5 Å². The highest BCUT2D eigenvalue weighted by Crippen LogP contribution is 2.30. The molecule has 0 radical (unpaired) electrons. The molecule has 0 unspecified atom stereocenters. The normalized spacial score (nSPS) is 11.8. The topological polar surface area (TPSA) is 69.1 Å². The molecule has 0 fully saturated rings. The van der Waals surface area contributed by atoms with Gasteiger partial charge in [0.15, 0.2) is 0 Å². The first-order valence-electron chi connectivity index (χ1n) is 5.82. The van der Waals surface area contributed by atoms with Crippen molar-refractivity contribution in [3.05, 3.63) is 53.1 Å². The predicted molar refractivity (Wildman–Crippen MR) is 75.2 cm³/mol. The van der Waals surface area contributed by atoms with Crippen LogP contribution in [0.3, 0.4) is 0 Å². The average molecular weight is 240 g/mol. The van der Waals surface area contributed by atoms with Gasteiger partial charge in [-0.25, -0.2) is 4.79 Å². The standard InChI is InChI=1S/C14H12.CH4N2O/c1-10-8-9-12-5-2-4-11-6-3-7-13(10)14(11)12;2-1(3)4/h2-5,7-9H,6H2,1H3;(H4,2,3,4). The monoisotopic (exact) mass is 240 g/mol. The van der Waals surface area contributed by atoms with Gasteiger partial charge in [-0.05, 0) is 40.8 Å². The third kappa shape index (κ3) is 2.35. The first-order chi connectivity index (χ1) is 8.59. The fourth-order valence-corrected chi connectivity index (χ4v) is 2.28. The molecule has 3 nitrogen and oxygen atoms in total. The fourth-order valence-electron chi connectivity index (χ4n) is 2.28. The van der Waals surface area contributed by atoms with E-state index in [-0.39, 0.29) is 0 Å². The first-order valence-corrected chi connectivity index (χ1v) is 5.82. The largest absolute Gasteiger partial charge is 0.352 e. The van der Waals surface area contributed by atoms with E-state index in [1.807, 2.05) is 0 Å². The highest BCUT2D eigenvalue weighted by Gasteiger charge is 2.09. The Kier molecular flexibility index (Phi) is 3.33. The molecule has 0 atom stereocenters. The third-order valence-electron chi connectivity index (χ3n) is 3.01. The molecule has 0 saturated heterocycles. The third-order valence-corrected chi connectivity index (χ3v) is 3.01. The maximum absolute atomic E-state index is 9.00. The Morgan fingerprint density at radius 1 is 1.17 bits per heavy atom. The maximum Gasteiger partial charge on any atom is 0.309 e. The molecule has 1 aliphatic rings. The molecule has 0 aliphatic heterocycles. The minimum atomic E-state index is -0.833. The number of urea groups is 1.